The van der Waals surface area contributed by atoms with Crippen molar-refractivity contribution in [2.24, 2.45) is 4.99 Å². The van der Waals surface area contributed by atoms with Crippen LogP contribution >= 0.6 is 0 Å². The number of phenolic OH excluding ortho intramolecular Hbond substituents is 1. The highest BCUT2D eigenvalue weighted by Crippen LogP contribution is 2.41. The SMILES string of the molecule is Oc1c(C=NCCc2ccccc2)cccc1-c1c2ccccc2cc2ccccc12. The first-order valence-electron chi connectivity index (χ1n) is 10.6. The molecular formula is C29H23NO. The normalized spacial score (nSPS) is 11.5. The highest BCUT2D eigenvalue weighted by Gasteiger charge is 2.14. The largest absolute Gasteiger partial charge is 0.507 e. The van der Waals surface area contributed by atoms with Gasteiger partial charge in [-0.05, 0) is 45.7 Å². The Morgan fingerprint density at radius 3 is 2.03 bits per heavy atom. The van der Waals surface area contributed by atoms with Crippen LogP contribution in [0.5, 0.6) is 5.75 Å². The Labute approximate surface area is 182 Å². The summed E-state index contributed by atoms with van der Waals surface area (Å²) in [6.45, 7) is 0.685. The molecule has 0 heterocycles. The lowest BCUT2D eigenvalue weighted by molar-refractivity contribution is 0.476. The van der Waals surface area contributed by atoms with Gasteiger partial charge in [0.1, 0.15) is 5.75 Å². The van der Waals surface area contributed by atoms with Crippen molar-refractivity contribution < 1.29 is 5.11 Å². The summed E-state index contributed by atoms with van der Waals surface area (Å²) in [5.41, 5.74) is 3.90. The molecule has 31 heavy (non-hydrogen) atoms. The molecule has 0 fully saturated rings. The predicted molar refractivity (Wildman–Crippen MR) is 131 cm³/mol. The van der Waals surface area contributed by atoms with Gasteiger partial charge in [0.25, 0.3) is 0 Å². The van der Waals surface area contributed by atoms with E-state index < -0.39 is 0 Å². The van der Waals surface area contributed by atoms with Gasteiger partial charge < -0.3 is 5.11 Å². The van der Waals surface area contributed by atoms with Crippen LogP contribution in [0.2, 0.25) is 0 Å². The highest BCUT2D eigenvalue weighted by molar-refractivity contribution is 6.14. The van der Waals surface area contributed by atoms with Crippen LogP contribution in [-0.4, -0.2) is 17.9 Å². The fourth-order valence-corrected chi connectivity index (χ4v) is 4.17. The van der Waals surface area contributed by atoms with Crippen molar-refractivity contribution >= 4 is 27.8 Å². The smallest absolute Gasteiger partial charge is 0.132 e. The van der Waals surface area contributed by atoms with Crippen molar-refractivity contribution in [3.05, 3.63) is 114 Å². The summed E-state index contributed by atoms with van der Waals surface area (Å²) < 4.78 is 0. The molecule has 0 aliphatic rings. The van der Waals surface area contributed by atoms with Gasteiger partial charge in [-0.25, -0.2) is 0 Å². The maximum Gasteiger partial charge on any atom is 0.132 e. The number of aliphatic imine (C=N–C) groups is 1. The van der Waals surface area contributed by atoms with Crippen LogP contribution in [0.15, 0.2) is 108 Å². The summed E-state index contributed by atoms with van der Waals surface area (Å²) in [4.78, 5) is 4.57. The summed E-state index contributed by atoms with van der Waals surface area (Å²) in [6.07, 6.45) is 2.67. The molecule has 0 amide bonds. The van der Waals surface area contributed by atoms with Gasteiger partial charge in [-0.15, -0.1) is 0 Å². The Hall–Kier alpha value is -3.91. The van der Waals surface area contributed by atoms with Gasteiger partial charge in [-0.3, -0.25) is 4.99 Å². The number of phenols is 1. The molecule has 0 aliphatic heterocycles. The second-order valence-corrected chi connectivity index (χ2v) is 7.71. The molecule has 0 aromatic heterocycles. The van der Waals surface area contributed by atoms with Gasteiger partial charge in [-0.2, -0.15) is 0 Å². The number of hydrogen-bond donors (Lipinski definition) is 1. The number of rotatable bonds is 5. The van der Waals surface area contributed by atoms with Crippen LogP contribution in [0.4, 0.5) is 0 Å². The van der Waals surface area contributed by atoms with Crippen LogP contribution in [0.1, 0.15) is 11.1 Å². The zero-order chi connectivity index (χ0) is 21.0. The van der Waals surface area contributed by atoms with Crippen LogP contribution in [0.25, 0.3) is 32.7 Å². The molecule has 0 aliphatic carbocycles. The third kappa shape index (κ3) is 3.80. The Bertz CT molecular complexity index is 1330. The summed E-state index contributed by atoms with van der Waals surface area (Å²) in [5, 5.41) is 15.8. The molecule has 5 aromatic carbocycles. The third-order valence-electron chi connectivity index (χ3n) is 5.71. The topological polar surface area (TPSA) is 32.6 Å². The molecule has 2 nitrogen and oxygen atoms in total. The molecule has 0 radical (unpaired) electrons. The monoisotopic (exact) mass is 401 g/mol. The van der Waals surface area contributed by atoms with Crippen molar-refractivity contribution in [3.8, 4) is 16.9 Å². The van der Waals surface area contributed by atoms with Crippen LogP contribution in [-0.2, 0) is 6.42 Å². The van der Waals surface area contributed by atoms with E-state index in [1.54, 1.807) is 6.21 Å². The molecule has 0 unspecified atom stereocenters. The molecule has 150 valence electrons. The van der Waals surface area contributed by atoms with Crippen molar-refractivity contribution in [2.45, 2.75) is 6.42 Å². The van der Waals surface area contributed by atoms with Crippen LogP contribution in [0.3, 0.4) is 0 Å². The van der Waals surface area contributed by atoms with Crippen molar-refractivity contribution in [2.75, 3.05) is 6.54 Å². The lowest BCUT2D eigenvalue weighted by Gasteiger charge is -2.14. The zero-order valence-corrected chi connectivity index (χ0v) is 17.2. The second kappa shape index (κ2) is 8.45. The number of hydrogen-bond acceptors (Lipinski definition) is 2. The number of nitrogens with zero attached hydrogens (tertiary/aromatic N) is 1. The first-order chi connectivity index (χ1) is 15.3. The van der Waals surface area contributed by atoms with Gasteiger partial charge >= 0.3 is 0 Å². The van der Waals surface area contributed by atoms with E-state index in [1.165, 1.54) is 5.56 Å². The minimum atomic E-state index is 0.271. The van der Waals surface area contributed by atoms with E-state index in [0.717, 1.165) is 44.7 Å². The summed E-state index contributed by atoms with van der Waals surface area (Å²) in [6, 6.07) is 35.1. The molecule has 2 heteroatoms. The minimum absolute atomic E-state index is 0.271. The Morgan fingerprint density at radius 2 is 1.32 bits per heavy atom. The number of para-hydroxylation sites is 1. The zero-order valence-electron chi connectivity index (χ0n) is 17.2. The minimum Gasteiger partial charge on any atom is -0.507 e. The van der Waals surface area contributed by atoms with Crippen molar-refractivity contribution in [1.82, 2.24) is 0 Å². The van der Waals surface area contributed by atoms with E-state index in [-0.39, 0.29) is 5.75 Å². The Kier molecular flexibility index (Phi) is 5.20. The Morgan fingerprint density at radius 1 is 0.677 bits per heavy atom. The quantitative estimate of drug-likeness (QED) is 0.249. The summed E-state index contributed by atoms with van der Waals surface area (Å²) >= 11 is 0. The van der Waals surface area contributed by atoms with Gasteiger partial charge in [-0.1, -0.05) is 91.0 Å². The Balaban J connectivity index is 1.56. The van der Waals surface area contributed by atoms with E-state index in [0.29, 0.717) is 6.54 Å². The van der Waals surface area contributed by atoms with Crippen LogP contribution < -0.4 is 0 Å². The average molecular weight is 402 g/mol. The third-order valence-corrected chi connectivity index (χ3v) is 5.71. The maximum absolute atomic E-state index is 11.2. The fraction of sp³-hybridized carbons (Fsp3) is 0.0690. The summed E-state index contributed by atoms with van der Waals surface area (Å²) in [7, 11) is 0. The molecule has 1 N–H and O–H groups in total. The first-order valence-corrected chi connectivity index (χ1v) is 10.6. The van der Waals surface area contributed by atoms with Crippen LogP contribution in [0, 0.1) is 0 Å². The van der Waals surface area contributed by atoms with E-state index in [4.69, 9.17) is 0 Å². The van der Waals surface area contributed by atoms with E-state index in [9.17, 15) is 5.11 Å². The lowest BCUT2D eigenvalue weighted by Crippen LogP contribution is -1.92. The maximum atomic E-state index is 11.2. The van der Waals surface area contributed by atoms with Gasteiger partial charge in [0.15, 0.2) is 0 Å². The highest BCUT2D eigenvalue weighted by atomic mass is 16.3. The van der Waals surface area contributed by atoms with Gasteiger partial charge in [0.2, 0.25) is 0 Å². The predicted octanol–water partition coefficient (Wildman–Crippen LogP) is 7.03. The average Bonchev–Trinajstić information content (AvgIpc) is 2.82. The van der Waals surface area contributed by atoms with Gasteiger partial charge in [0.05, 0.1) is 0 Å². The molecular weight excluding hydrogens is 378 g/mol. The second-order valence-electron chi connectivity index (χ2n) is 7.71. The fourth-order valence-electron chi connectivity index (χ4n) is 4.17. The standard InChI is InChI=1S/C29H23NO/c31-29-24(20-30-18-17-21-9-2-1-3-10-21)13-8-16-27(29)28-25-14-6-4-11-22(25)19-23-12-5-7-15-26(23)28/h1-16,19-20,31H,17-18H2. The lowest BCUT2D eigenvalue weighted by atomic mass is 9.91. The van der Waals surface area contributed by atoms with E-state index in [2.05, 4.69) is 59.6 Å². The first kappa shape index (κ1) is 19.1. The molecule has 5 aromatic rings. The molecule has 5 rings (SSSR count). The van der Waals surface area contributed by atoms with E-state index >= 15 is 0 Å². The molecule has 0 saturated heterocycles. The molecule has 0 atom stereocenters. The van der Waals surface area contributed by atoms with Crippen molar-refractivity contribution in [3.63, 3.8) is 0 Å². The number of benzene rings is 5. The van der Waals surface area contributed by atoms with Crippen molar-refractivity contribution in [1.29, 1.82) is 0 Å². The number of aromatic hydroxyl groups is 1. The molecule has 0 spiro atoms. The van der Waals surface area contributed by atoms with Gasteiger partial charge in [0, 0.05) is 29.4 Å². The molecule has 0 saturated carbocycles. The van der Waals surface area contributed by atoms with E-state index in [1.807, 2.05) is 48.5 Å². The molecule has 0 bridgehead atoms. The number of fused-ring (bicyclic) bond motifs is 2. The summed E-state index contributed by atoms with van der Waals surface area (Å²) in [5.74, 6) is 0.271.